The highest BCUT2D eigenvalue weighted by Gasteiger charge is 2.72. The summed E-state index contributed by atoms with van der Waals surface area (Å²) in [6.07, 6.45) is -3.32. The first kappa shape index (κ1) is 64.9. The summed E-state index contributed by atoms with van der Waals surface area (Å²) in [5.41, 5.74) is 3.57. The van der Waals surface area contributed by atoms with E-state index < -0.39 is 117 Å². The second-order valence-electron chi connectivity index (χ2n) is 25.8. The van der Waals surface area contributed by atoms with Crippen LogP contribution >= 0.6 is 22.9 Å². The van der Waals surface area contributed by atoms with Gasteiger partial charge in [-0.15, -0.1) is 11.3 Å². The molecule has 5 aromatic rings. The molecule has 2 aromatic carbocycles. The molecule has 472 valence electrons. The van der Waals surface area contributed by atoms with Crippen LogP contribution in [0.1, 0.15) is 122 Å². The highest BCUT2D eigenvalue weighted by molar-refractivity contribution is 7.13. The van der Waals surface area contributed by atoms with Crippen molar-refractivity contribution in [3.05, 3.63) is 75.1 Å². The van der Waals surface area contributed by atoms with Gasteiger partial charge in [0.15, 0.2) is 5.82 Å². The molecule has 1 aliphatic carbocycles. The molecule has 26 heteroatoms. The topological polar surface area (TPSA) is 222 Å². The van der Waals surface area contributed by atoms with Crippen LogP contribution < -0.4 is 26.0 Å². The number of piperazine rings is 1. The summed E-state index contributed by atoms with van der Waals surface area (Å²) < 4.78 is 104. The molecular formula is C61H76ClF6N11O7S. The Kier molecular flexibility index (Phi) is 18.7. The van der Waals surface area contributed by atoms with Crippen molar-refractivity contribution in [2.45, 2.75) is 168 Å². The number of hydrogen-bond acceptors (Lipinski definition) is 15. The molecule has 4 amide bonds. The fourth-order valence-corrected chi connectivity index (χ4v) is 13.3. The van der Waals surface area contributed by atoms with Gasteiger partial charge in [-0.25, -0.2) is 27.9 Å². The number of aliphatic hydroxyl groups is 1. The lowest BCUT2D eigenvalue weighted by molar-refractivity contribution is -0.144. The molecule has 4 aliphatic rings. The number of nitrogen functional groups attached to an aromatic ring is 1. The van der Waals surface area contributed by atoms with E-state index in [0.29, 0.717) is 45.1 Å². The number of β-amino-alcohol motifs (C(OH)–C–C–N with tert-alkyl or cyclic N) is 1. The van der Waals surface area contributed by atoms with E-state index in [1.807, 2.05) is 52.0 Å². The first-order chi connectivity index (χ1) is 40.7. The molecule has 6 atom stereocenters. The Bertz CT molecular complexity index is 3380. The van der Waals surface area contributed by atoms with Gasteiger partial charge in [0.1, 0.15) is 41.4 Å². The van der Waals surface area contributed by atoms with Crippen LogP contribution in [-0.4, -0.2) is 152 Å². The molecule has 2 unspecified atom stereocenters. The number of unbranched alkanes of at least 4 members (excludes halogenated alkanes) is 3. The third-order valence-corrected chi connectivity index (χ3v) is 17.9. The Morgan fingerprint density at radius 3 is 2.23 bits per heavy atom. The zero-order valence-electron chi connectivity index (χ0n) is 50.3. The number of alkyl halides is 5. The van der Waals surface area contributed by atoms with E-state index in [-0.39, 0.29) is 86.1 Å². The molecule has 87 heavy (non-hydrogen) atoms. The quantitative estimate of drug-likeness (QED) is 0.0421. The molecular weight excluding hydrogens is 1180 g/mol. The number of amides is 4. The van der Waals surface area contributed by atoms with E-state index in [0.717, 1.165) is 34.7 Å². The van der Waals surface area contributed by atoms with Crippen molar-refractivity contribution in [1.82, 2.24) is 45.3 Å². The molecule has 3 aromatic heterocycles. The van der Waals surface area contributed by atoms with Gasteiger partial charge in [-0.2, -0.15) is 23.1 Å². The van der Waals surface area contributed by atoms with Gasteiger partial charge < -0.3 is 45.6 Å². The second kappa shape index (κ2) is 25.1. The number of thiazole rings is 1. The van der Waals surface area contributed by atoms with Crippen LogP contribution in [0.4, 0.5) is 42.8 Å². The minimum absolute atomic E-state index is 0.00314. The van der Waals surface area contributed by atoms with E-state index in [2.05, 4.69) is 30.6 Å². The van der Waals surface area contributed by atoms with E-state index in [4.69, 9.17) is 26.8 Å². The van der Waals surface area contributed by atoms with Gasteiger partial charge >= 0.3 is 18.3 Å². The zero-order valence-corrected chi connectivity index (χ0v) is 51.9. The standard InChI is InChI=1S/C61H76ClF6N11O7S/c1-33-22-43(69)72-49(46(33)61(66,67)68)45-41(62)24-40-48(47(45)63)74-55(75-52(40)77-26-37-19-20-38(27-77)79(37)56(84)86-58(6,7)8)85-31-59(29-60(59,64)65)30-76(9)21-13-11-10-12-14-44(81)73-51(57(3,4)5)54(83)78-28-39(80)23-42(78)53(82)70-25-35-15-17-36(18-16-35)50-34(2)71-32-87-50/h15-18,22,24,32,37-39,42,51,80H,10-14,19-21,23,25-31H2,1-9H3,(H2,69,72)(H,70,82)(H,73,81)/t37?,38?,39-,42+,51-,59-/m1/s1. The van der Waals surface area contributed by atoms with Crippen molar-refractivity contribution in [3.8, 4) is 27.7 Å². The summed E-state index contributed by atoms with van der Waals surface area (Å²) in [6.45, 7) is 14.0. The lowest BCUT2D eigenvalue weighted by Crippen LogP contribution is -2.57. The molecule has 5 N–H and O–H groups in total. The number of halogens is 7. The number of carbonyl (C=O) groups is 4. The molecule has 0 spiro atoms. The highest BCUT2D eigenvalue weighted by Crippen LogP contribution is 2.61. The van der Waals surface area contributed by atoms with Crippen LogP contribution in [0, 0.1) is 30.5 Å². The molecule has 3 aliphatic heterocycles. The largest absolute Gasteiger partial charge is 0.463 e. The van der Waals surface area contributed by atoms with Crippen LogP contribution in [0.5, 0.6) is 6.01 Å². The normalized spacial score (nSPS) is 21.4. The predicted molar refractivity (Wildman–Crippen MR) is 319 cm³/mol. The smallest absolute Gasteiger partial charge is 0.418 e. The van der Waals surface area contributed by atoms with Crippen molar-refractivity contribution in [2.24, 2.45) is 10.8 Å². The zero-order chi connectivity index (χ0) is 63.3. The third kappa shape index (κ3) is 14.5. The predicted octanol–water partition coefficient (Wildman–Crippen LogP) is 10.5. The molecule has 0 radical (unpaired) electrons. The van der Waals surface area contributed by atoms with Gasteiger partial charge in [0.05, 0.1) is 61.5 Å². The number of carbonyl (C=O) groups excluding carboxylic acids is 4. The number of aryl methyl sites for hydroxylation is 2. The van der Waals surface area contributed by atoms with Crippen molar-refractivity contribution >= 4 is 69.3 Å². The van der Waals surface area contributed by atoms with Crippen molar-refractivity contribution < 1.29 is 60.1 Å². The Hall–Kier alpha value is -6.57. The maximum absolute atomic E-state index is 17.3. The van der Waals surface area contributed by atoms with Crippen LogP contribution in [0.25, 0.3) is 32.6 Å². The number of ether oxygens (including phenoxy) is 2. The van der Waals surface area contributed by atoms with E-state index in [1.165, 1.54) is 11.0 Å². The Morgan fingerprint density at radius 1 is 0.954 bits per heavy atom. The summed E-state index contributed by atoms with van der Waals surface area (Å²) in [7, 11) is 1.70. The lowest BCUT2D eigenvalue weighted by Gasteiger charge is -2.42. The molecule has 3 saturated heterocycles. The monoisotopic (exact) mass is 1260 g/mol. The SMILES string of the molecule is Cc1cc(N)nc(-c2c(Cl)cc3c(N4CC5CCC(C4)N5C(=O)OC(C)(C)C)nc(OC[C@]4(CN(C)CCCCCCC(=O)N[C@H](C(=O)N5C[C@H](O)C[C@H]5C(=O)NCc5ccc(-c6scnc6C)cc5)C(C)(C)C)CC4(F)F)nc3c2F)c1C(F)(F)F. The minimum Gasteiger partial charge on any atom is -0.463 e. The van der Waals surface area contributed by atoms with Crippen LogP contribution in [0.15, 0.2) is 41.9 Å². The summed E-state index contributed by atoms with van der Waals surface area (Å²) in [4.78, 5) is 79.4. The van der Waals surface area contributed by atoms with Crippen LogP contribution in [0.2, 0.25) is 5.02 Å². The number of hydrogen-bond donors (Lipinski definition) is 4. The van der Waals surface area contributed by atoms with Gasteiger partial charge in [0, 0.05) is 57.4 Å². The second-order valence-corrected chi connectivity index (χ2v) is 27.1. The van der Waals surface area contributed by atoms with E-state index >= 15 is 13.2 Å². The highest BCUT2D eigenvalue weighted by atomic mass is 35.5. The number of aromatic nitrogens is 4. The fraction of sp³-hybridized carbons (Fsp3) is 0.574. The van der Waals surface area contributed by atoms with Gasteiger partial charge in [-0.1, -0.05) is 69.5 Å². The number of aliphatic hydroxyl groups excluding tert-OH is 1. The number of nitrogens with zero attached hydrogens (tertiary/aromatic N) is 8. The summed E-state index contributed by atoms with van der Waals surface area (Å²) in [6, 6.07) is 6.81. The van der Waals surface area contributed by atoms with Crippen LogP contribution in [-0.2, 0) is 31.8 Å². The molecule has 18 nitrogen and oxygen atoms in total. The number of anilines is 2. The van der Waals surface area contributed by atoms with E-state index in [1.54, 1.807) is 59.4 Å². The molecule has 2 bridgehead atoms. The number of pyridine rings is 1. The first-order valence-electron chi connectivity index (χ1n) is 29.3. The number of nitrogens with one attached hydrogen (secondary N) is 2. The van der Waals surface area contributed by atoms with Crippen molar-refractivity contribution in [3.63, 3.8) is 0 Å². The Labute approximate surface area is 510 Å². The average molecular weight is 1260 g/mol. The number of fused-ring (bicyclic) bond motifs is 3. The number of likely N-dealkylation sites (tertiary alicyclic amines) is 1. The van der Waals surface area contributed by atoms with E-state index in [9.17, 15) is 37.5 Å². The summed E-state index contributed by atoms with van der Waals surface area (Å²) >= 11 is 8.25. The number of rotatable bonds is 20. The van der Waals surface area contributed by atoms with Gasteiger partial charge in [0.25, 0.3) is 5.92 Å². The maximum Gasteiger partial charge on any atom is 0.418 e. The average Bonchev–Trinajstić information content (AvgIpc) is 1.67. The van der Waals surface area contributed by atoms with Crippen molar-refractivity contribution in [1.29, 1.82) is 0 Å². The number of nitrogens with two attached hydrogens (primary N) is 1. The van der Waals surface area contributed by atoms with Gasteiger partial charge in [-0.3, -0.25) is 19.3 Å². The Balaban J connectivity index is 0.814. The Morgan fingerprint density at radius 2 is 1.62 bits per heavy atom. The maximum atomic E-state index is 17.3. The first-order valence-corrected chi connectivity index (χ1v) is 30.5. The molecule has 1 saturated carbocycles. The van der Waals surface area contributed by atoms with Crippen molar-refractivity contribution in [2.75, 3.05) is 57.0 Å². The molecule has 9 rings (SSSR count). The molecule has 4 fully saturated rings. The van der Waals surface area contributed by atoms with Gasteiger partial charge in [0.2, 0.25) is 17.7 Å². The minimum atomic E-state index is -5.01. The fourth-order valence-electron chi connectivity index (χ4n) is 12.2. The summed E-state index contributed by atoms with van der Waals surface area (Å²) in [5.74, 6) is -5.97. The molecule has 6 heterocycles. The third-order valence-electron chi connectivity index (χ3n) is 16.7. The number of benzene rings is 2. The van der Waals surface area contributed by atoms with Crippen LogP contribution in [0.3, 0.4) is 0 Å². The van der Waals surface area contributed by atoms with Gasteiger partial charge in [-0.05, 0) is 108 Å². The lowest BCUT2D eigenvalue weighted by atomic mass is 9.85. The summed E-state index contributed by atoms with van der Waals surface area (Å²) in [5, 5.41) is 16.0.